The Bertz CT molecular complexity index is 936. The molecule has 0 heterocycles. The molecule has 0 spiro atoms. The fraction of sp³-hybridized carbons (Fsp3) is 0.481. The van der Waals surface area contributed by atoms with E-state index in [-0.39, 0.29) is 24.5 Å². The van der Waals surface area contributed by atoms with Crippen molar-refractivity contribution >= 4 is 11.8 Å². The van der Waals surface area contributed by atoms with Crippen LogP contribution >= 0.6 is 0 Å². The lowest BCUT2D eigenvalue weighted by Crippen LogP contribution is -2.51. The molecule has 6 heteroatoms. The van der Waals surface area contributed by atoms with Crippen LogP contribution in [0, 0.1) is 13.8 Å². The lowest BCUT2D eigenvalue weighted by molar-refractivity contribution is -0.142. The number of hydrogen-bond acceptors (Lipinski definition) is 4. The van der Waals surface area contributed by atoms with Crippen LogP contribution in [-0.4, -0.2) is 42.5 Å². The van der Waals surface area contributed by atoms with Crippen molar-refractivity contribution in [2.75, 3.05) is 13.7 Å². The summed E-state index contributed by atoms with van der Waals surface area (Å²) in [6.07, 6.45) is 5.50. The summed E-state index contributed by atoms with van der Waals surface area (Å²) >= 11 is 0. The summed E-state index contributed by atoms with van der Waals surface area (Å²) in [7, 11) is 1.62. The SMILES string of the molecule is COc1ccc(CN(C(=O)COc2ccc(C)cc2C)C(C)C(=O)NC2CCCCC2)cc1. The number of ether oxygens (including phenoxy) is 2. The Balaban J connectivity index is 1.72. The Hall–Kier alpha value is -3.02. The van der Waals surface area contributed by atoms with Gasteiger partial charge in [0.15, 0.2) is 6.61 Å². The molecule has 1 fully saturated rings. The number of nitrogens with zero attached hydrogens (tertiary/aromatic N) is 1. The molecule has 178 valence electrons. The zero-order chi connectivity index (χ0) is 23.8. The van der Waals surface area contributed by atoms with E-state index in [2.05, 4.69) is 5.32 Å². The lowest BCUT2D eigenvalue weighted by atomic mass is 9.95. The first-order valence-corrected chi connectivity index (χ1v) is 11.8. The quantitative estimate of drug-likeness (QED) is 0.606. The maximum atomic E-state index is 13.3. The van der Waals surface area contributed by atoms with E-state index in [1.165, 1.54) is 6.42 Å². The number of hydrogen-bond donors (Lipinski definition) is 1. The summed E-state index contributed by atoms with van der Waals surface area (Å²) in [5.41, 5.74) is 3.04. The van der Waals surface area contributed by atoms with Gasteiger partial charge in [-0.15, -0.1) is 0 Å². The molecule has 0 aliphatic heterocycles. The van der Waals surface area contributed by atoms with Crippen LogP contribution in [0.5, 0.6) is 11.5 Å². The van der Waals surface area contributed by atoms with Crippen LogP contribution in [0.2, 0.25) is 0 Å². The molecule has 2 aromatic rings. The highest BCUT2D eigenvalue weighted by molar-refractivity contribution is 5.88. The standard InChI is InChI=1S/C27H36N2O4/c1-19-10-15-25(20(2)16-19)33-18-26(30)29(17-22-11-13-24(32-4)14-12-22)21(3)27(31)28-23-8-6-5-7-9-23/h10-16,21,23H,5-9,17-18H2,1-4H3,(H,28,31). The van der Waals surface area contributed by atoms with E-state index in [0.717, 1.165) is 48.1 Å². The third kappa shape index (κ3) is 6.98. The van der Waals surface area contributed by atoms with Gasteiger partial charge in [-0.1, -0.05) is 49.1 Å². The molecule has 1 N–H and O–H groups in total. The van der Waals surface area contributed by atoms with Crippen molar-refractivity contribution in [3.05, 3.63) is 59.2 Å². The number of benzene rings is 2. The van der Waals surface area contributed by atoms with Crippen LogP contribution < -0.4 is 14.8 Å². The highest BCUT2D eigenvalue weighted by Gasteiger charge is 2.28. The summed E-state index contributed by atoms with van der Waals surface area (Å²) in [6.45, 7) is 5.96. The lowest BCUT2D eigenvalue weighted by Gasteiger charge is -2.31. The normalized spacial score (nSPS) is 14.9. The van der Waals surface area contributed by atoms with Crippen molar-refractivity contribution in [3.8, 4) is 11.5 Å². The molecule has 1 aliphatic carbocycles. The first-order valence-electron chi connectivity index (χ1n) is 11.8. The fourth-order valence-corrected chi connectivity index (χ4v) is 4.26. The van der Waals surface area contributed by atoms with Crippen molar-refractivity contribution in [1.82, 2.24) is 10.2 Å². The molecule has 2 amide bonds. The summed E-state index contributed by atoms with van der Waals surface area (Å²) in [4.78, 5) is 27.9. The van der Waals surface area contributed by atoms with Gasteiger partial charge in [0.2, 0.25) is 5.91 Å². The van der Waals surface area contributed by atoms with Crippen molar-refractivity contribution in [3.63, 3.8) is 0 Å². The maximum absolute atomic E-state index is 13.3. The van der Waals surface area contributed by atoms with Gasteiger partial charge >= 0.3 is 0 Å². The van der Waals surface area contributed by atoms with E-state index in [0.29, 0.717) is 12.3 Å². The van der Waals surface area contributed by atoms with Crippen molar-refractivity contribution in [1.29, 1.82) is 0 Å². The molecule has 2 aromatic carbocycles. The van der Waals surface area contributed by atoms with Gasteiger partial charge in [-0.25, -0.2) is 0 Å². The molecule has 33 heavy (non-hydrogen) atoms. The molecule has 0 saturated heterocycles. The number of amides is 2. The molecule has 0 radical (unpaired) electrons. The molecule has 1 atom stereocenters. The van der Waals surface area contributed by atoms with E-state index in [9.17, 15) is 9.59 Å². The average Bonchev–Trinajstić information content (AvgIpc) is 2.82. The second-order valence-electron chi connectivity index (χ2n) is 8.95. The Labute approximate surface area is 197 Å². The van der Waals surface area contributed by atoms with Gasteiger partial charge in [-0.3, -0.25) is 9.59 Å². The van der Waals surface area contributed by atoms with Crippen molar-refractivity contribution in [2.45, 2.75) is 71.5 Å². The zero-order valence-electron chi connectivity index (χ0n) is 20.2. The smallest absolute Gasteiger partial charge is 0.261 e. The number of nitrogens with one attached hydrogen (secondary N) is 1. The van der Waals surface area contributed by atoms with E-state index in [1.807, 2.05) is 56.3 Å². The summed E-state index contributed by atoms with van der Waals surface area (Å²) in [5.74, 6) is 1.09. The Morgan fingerprint density at radius 3 is 2.39 bits per heavy atom. The molecule has 1 saturated carbocycles. The highest BCUT2D eigenvalue weighted by atomic mass is 16.5. The summed E-state index contributed by atoms with van der Waals surface area (Å²) in [6, 6.07) is 13.0. The summed E-state index contributed by atoms with van der Waals surface area (Å²) < 4.78 is 11.1. The van der Waals surface area contributed by atoms with Crippen molar-refractivity contribution < 1.29 is 19.1 Å². The van der Waals surface area contributed by atoms with Gasteiger partial charge in [0.05, 0.1) is 7.11 Å². The van der Waals surface area contributed by atoms with Gasteiger partial charge in [-0.05, 0) is 62.9 Å². The molecule has 3 rings (SSSR count). The van der Waals surface area contributed by atoms with Crippen molar-refractivity contribution in [2.24, 2.45) is 0 Å². The first-order chi connectivity index (χ1) is 15.9. The van der Waals surface area contributed by atoms with Crippen LogP contribution in [0.4, 0.5) is 0 Å². The van der Waals surface area contributed by atoms with Crippen LogP contribution in [0.3, 0.4) is 0 Å². The van der Waals surface area contributed by atoms with Crippen LogP contribution in [0.15, 0.2) is 42.5 Å². The minimum Gasteiger partial charge on any atom is -0.497 e. The van der Waals surface area contributed by atoms with Crippen LogP contribution in [0.25, 0.3) is 0 Å². The summed E-state index contributed by atoms with van der Waals surface area (Å²) in [5, 5.41) is 3.15. The van der Waals surface area contributed by atoms with E-state index < -0.39 is 6.04 Å². The Morgan fingerprint density at radius 1 is 1.06 bits per heavy atom. The molecule has 0 aromatic heterocycles. The van der Waals surface area contributed by atoms with E-state index >= 15 is 0 Å². The van der Waals surface area contributed by atoms with E-state index in [1.54, 1.807) is 18.9 Å². The fourth-order valence-electron chi connectivity index (χ4n) is 4.26. The van der Waals surface area contributed by atoms with Gasteiger partial charge < -0.3 is 19.7 Å². The largest absolute Gasteiger partial charge is 0.497 e. The van der Waals surface area contributed by atoms with Gasteiger partial charge in [0, 0.05) is 12.6 Å². The molecular formula is C27H36N2O4. The number of rotatable bonds is 9. The molecular weight excluding hydrogens is 416 g/mol. The monoisotopic (exact) mass is 452 g/mol. The molecule has 6 nitrogen and oxygen atoms in total. The number of aryl methyl sites for hydroxylation is 2. The predicted octanol–water partition coefficient (Wildman–Crippen LogP) is 4.56. The minimum atomic E-state index is -0.607. The topological polar surface area (TPSA) is 67.9 Å². The predicted molar refractivity (Wildman–Crippen MR) is 129 cm³/mol. The second-order valence-corrected chi connectivity index (χ2v) is 8.95. The number of carbonyl (C=O) groups excluding carboxylic acids is 2. The number of carbonyl (C=O) groups is 2. The van der Waals surface area contributed by atoms with Gasteiger partial charge in [-0.2, -0.15) is 0 Å². The number of methoxy groups -OCH3 is 1. The van der Waals surface area contributed by atoms with E-state index in [4.69, 9.17) is 9.47 Å². The third-order valence-corrected chi connectivity index (χ3v) is 6.31. The van der Waals surface area contributed by atoms with Crippen LogP contribution in [0.1, 0.15) is 55.7 Å². The molecule has 1 unspecified atom stereocenters. The molecule has 0 bridgehead atoms. The Morgan fingerprint density at radius 2 is 1.76 bits per heavy atom. The molecule has 1 aliphatic rings. The van der Waals surface area contributed by atoms with Gasteiger partial charge in [0.1, 0.15) is 17.5 Å². The third-order valence-electron chi connectivity index (χ3n) is 6.31. The van der Waals surface area contributed by atoms with Crippen LogP contribution in [-0.2, 0) is 16.1 Å². The zero-order valence-corrected chi connectivity index (χ0v) is 20.2. The van der Waals surface area contributed by atoms with Gasteiger partial charge in [0.25, 0.3) is 5.91 Å². The first kappa shape index (κ1) is 24.6. The maximum Gasteiger partial charge on any atom is 0.261 e. The Kier molecular flexibility index (Phi) is 8.75. The minimum absolute atomic E-state index is 0.115. The average molecular weight is 453 g/mol. The second kappa shape index (κ2) is 11.7. The highest BCUT2D eigenvalue weighted by Crippen LogP contribution is 2.21.